The van der Waals surface area contributed by atoms with Crippen LogP contribution < -0.4 is 4.74 Å². The average molecular weight is 280 g/mol. The molecule has 98 valence electrons. The molecule has 2 rings (SSSR count). The number of hydrogen-bond donors (Lipinski definition) is 0. The molecule has 0 aliphatic carbocycles. The van der Waals surface area contributed by atoms with Crippen molar-refractivity contribution < 1.29 is 9.66 Å². The normalized spacial score (nSPS) is 10.2. The van der Waals surface area contributed by atoms with Crippen LogP contribution in [0.3, 0.4) is 0 Å². The zero-order valence-electron chi connectivity index (χ0n) is 10.0. The molecule has 1 aromatic heterocycles. The summed E-state index contributed by atoms with van der Waals surface area (Å²) >= 11 is 5.61. The van der Waals surface area contributed by atoms with Gasteiger partial charge in [0.05, 0.1) is 4.92 Å². The van der Waals surface area contributed by atoms with Gasteiger partial charge in [-0.25, -0.2) is 4.98 Å². The van der Waals surface area contributed by atoms with Crippen LogP contribution in [0.15, 0.2) is 30.5 Å². The van der Waals surface area contributed by atoms with E-state index in [0.717, 1.165) is 18.2 Å². The van der Waals surface area contributed by atoms with Gasteiger partial charge in [-0.3, -0.25) is 10.1 Å². The molecular formula is C12H10ClN3O3. The van der Waals surface area contributed by atoms with E-state index in [4.69, 9.17) is 16.3 Å². The Morgan fingerprint density at radius 1 is 1.37 bits per heavy atom. The summed E-state index contributed by atoms with van der Waals surface area (Å²) in [5.41, 5.74) is 0.812. The smallest absolute Gasteiger partial charge is 0.349 e. The first-order chi connectivity index (χ1) is 9.10. The number of aryl methyl sites for hydroxylation is 1. The molecule has 0 fully saturated rings. The van der Waals surface area contributed by atoms with Crippen LogP contribution in [0.4, 0.5) is 5.69 Å². The monoisotopic (exact) mass is 279 g/mol. The van der Waals surface area contributed by atoms with E-state index < -0.39 is 4.92 Å². The molecule has 0 saturated heterocycles. The molecule has 19 heavy (non-hydrogen) atoms. The van der Waals surface area contributed by atoms with Crippen molar-refractivity contribution in [1.29, 1.82) is 0 Å². The molecule has 0 amide bonds. The first-order valence-corrected chi connectivity index (χ1v) is 5.91. The maximum atomic E-state index is 10.8. The third-order valence-electron chi connectivity index (χ3n) is 2.45. The summed E-state index contributed by atoms with van der Waals surface area (Å²) in [6.45, 7) is 2.03. The number of aromatic nitrogens is 2. The summed E-state index contributed by atoms with van der Waals surface area (Å²) in [5.74, 6) is 0.282. The highest BCUT2D eigenvalue weighted by atomic mass is 35.5. The number of rotatable bonds is 4. The van der Waals surface area contributed by atoms with Gasteiger partial charge in [0.2, 0.25) is 5.28 Å². The lowest BCUT2D eigenvalue weighted by Crippen LogP contribution is -1.98. The molecule has 0 aliphatic rings. The van der Waals surface area contributed by atoms with Crippen molar-refractivity contribution in [3.8, 4) is 11.6 Å². The standard InChI is InChI=1S/C12H10ClN3O3/c1-2-8-3-5-9(6-4-8)19-11-10(16(17)18)7-14-12(13)15-11/h3-7H,2H2,1H3. The van der Waals surface area contributed by atoms with E-state index in [-0.39, 0.29) is 16.9 Å². The minimum atomic E-state index is -0.619. The second-order valence-corrected chi connectivity index (χ2v) is 4.02. The highest BCUT2D eigenvalue weighted by Gasteiger charge is 2.19. The molecule has 0 atom stereocenters. The van der Waals surface area contributed by atoms with E-state index in [1.807, 2.05) is 19.1 Å². The molecule has 6 nitrogen and oxygen atoms in total. The Hall–Kier alpha value is -2.21. The summed E-state index contributed by atoms with van der Waals surface area (Å²) in [5, 5.41) is 10.7. The Kier molecular flexibility index (Phi) is 3.91. The highest BCUT2D eigenvalue weighted by molar-refractivity contribution is 6.28. The Bertz CT molecular complexity index is 602. The summed E-state index contributed by atoms with van der Waals surface area (Å²) in [6, 6.07) is 7.20. The molecule has 0 bridgehead atoms. The van der Waals surface area contributed by atoms with Crippen LogP contribution in [-0.2, 0) is 6.42 Å². The predicted octanol–water partition coefficient (Wildman–Crippen LogP) is 3.39. The van der Waals surface area contributed by atoms with E-state index in [2.05, 4.69) is 9.97 Å². The number of nitrogens with zero attached hydrogens (tertiary/aromatic N) is 3. The SMILES string of the molecule is CCc1ccc(Oc2nc(Cl)ncc2[N+](=O)[O-])cc1. The Balaban J connectivity index is 2.31. The van der Waals surface area contributed by atoms with Gasteiger partial charge in [-0.05, 0) is 35.7 Å². The number of nitro groups is 1. The van der Waals surface area contributed by atoms with Crippen LogP contribution >= 0.6 is 11.6 Å². The van der Waals surface area contributed by atoms with Gasteiger partial charge >= 0.3 is 11.6 Å². The Labute approximate surface area is 114 Å². The molecule has 1 heterocycles. The van der Waals surface area contributed by atoms with Crippen LogP contribution in [0.2, 0.25) is 5.28 Å². The third-order valence-corrected chi connectivity index (χ3v) is 2.63. The predicted molar refractivity (Wildman–Crippen MR) is 69.6 cm³/mol. The lowest BCUT2D eigenvalue weighted by Gasteiger charge is -2.05. The zero-order valence-corrected chi connectivity index (χ0v) is 10.8. The second-order valence-electron chi connectivity index (χ2n) is 3.69. The fraction of sp³-hybridized carbons (Fsp3) is 0.167. The van der Waals surface area contributed by atoms with Crippen molar-refractivity contribution >= 4 is 17.3 Å². The van der Waals surface area contributed by atoms with Crippen molar-refractivity contribution in [3.63, 3.8) is 0 Å². The summed E-state index contributed by atoms with van der Waals surface area (Å²) < 4.78 is 5.37. The molecule has 0 spiro atoms. The molecule has 0 N–H and O–H groups in total. The van der Waals surface area contributed by atoms with Crippen molar-refractivity contribution in [1.82, 2.24) is 9.97 Å². The van der Waals surface area contributed by atoms with Gasteiger partial charge in [0.15, 0.2) is 0 Å². The van der Waals surface area contributed by atoms with Crippen LogP contribution in [-0.4, -0.2) is 14.9 Å². The van der Waals surface area contributed by atoms with E-state index in [0.29, 0.717) is 5.75 Å². The topological polar surface area (TPSA) is 78.2 Å². The minimum absolute atomic E-state index is 0.106. The fourth-order valence-electron chi connectivity index (χ4n) is 1.44. The van der Waals surface area contributed by atoms with Crippen LogP contribution in [0, 0.1) is 10.1 Å². The van der Waals surface area contributed by atoms with Gasteiger partial charge < -0.3 is 4.74 Å². The maximum Gasteiger partial charge on any atom is 0.349 e. The van der Waals surface area contributed by atoms with Gasteiger partial charge in [-0.15, -0.1) is 0 Å². The van der Waals surface area contributed by atoms with Gasteiger partial charge in [0.1, 0.15) is 11.9 Å². The van der Waals surface area contributed by atoms with Crippen LogP contribution in [0.5, 0.6) is 11.6 Å². The van der Waals surface area contributed by atoms with E-state index in [1.54, 1.807) is 12.1 Å². The van der Waals surface area contributed by atoms with Gasteiger partial charge in [0.25, 0.3) is 0 Å². The third kappa shape index (κ3) is 3.17. The lowest BCUT2D eigenvalue weighted by atomic mass is 10.2. The van der Waals surface area contributed by atoms with Crippen molar-refractivity contribution in [3.05, 3.63) is 51.4 Å². The molecule has 0 unspecified atom stereocenters. The van der Waals surface area contributed by atoms with Crippen molar-refractivity contribution in [2.75, 3.05) is 0 Å². The molecule has 2 aromatic rings. The van der Waals surface area contributed by atoms with Crippen LogP contribution in [0.25, 0.3) is 0 Å². The highest BCUT2D eigenvalue weighted by Crippen LogP contribution is 2.29. The summed E-state index contributed by atoms with van der Waals surface area (Å²) in [7, 11) is 0. The molecular weight excluding hydrogens is 270 g/mol. The van der Waals surface area contributed by atoms with Crippen molar-refractivity contribution in [2.24, 2.45) is 0 Å². The maximum absolute atomic E-state index is 10.8. The molecule has 0 aliphatic heterocycles. The number of halogens is 1. The van der Waals surface area contributed by atoms with Crippen LogP contribution in [0.1, 0.15) is 12.5 Å². The molecule has 0 radical (unpaired) electrons. The van der Waals surface area contributed by atoms with E-state index in [1.165, 1.54) is 0 Å². The largest absolute Gasteiger partial charge is 0.434 e. The van der Waals surface area contributed by atoms with Gasteiger partial charge in [0, 0.05) is 0 Å². The number of ether oxygens (including phenoxy) is 1. The fourth-order valence-corrected chi connectivity index (χ4v) is 1.57. The summed E-state index contributed by atoms with van der Waals surface area (Å²) in [6.07, 6.45) is 1.92. The zero-order chi connectivity index (χ0) is 13.8. The Morgan fingerprint density at radius 2 is 2.05 bits per heavy atom. The first kappa shape index (κ1) is 13.2. The van der Waals surface area contributed by atoms with E-state index in [9.17, 15) is 10.1 Å². The molecule has 1 aromatic carbocycles. The summed E-state index contributed by atoms with van der Waals surface area (Å²) in [4.78, 5) is 17.5. The van der Waals surface area contributed by atoms with Gasteiger partial charge in [-0.2, -0.15) is 4.98 Å². The van der Waals surface area contributed by atoms with Gasteiger partial charge in [-0.1, -0.05) is 19.1 Å². The number of benzene rings is 1. The second kappa shape index (κ2) is 5.62. The van der Waals surface area contributed by atoms with Crippen molar-refractivity contribution in [2.45, 2.75) is 13.3 Å². The quantitative estimate of drug-likeness (QED) is 0.487. The minimum Gasteiger partial charge on any atom is -0.434 e. The molecule has 0 saturated carbocycles. The Morgan fingerprint density at radius 3 is 2.63 bits per heavy atom. The number of hydrogen-bond acceptors (Lipinski definition) is 5. The van der Waals surface area contributed by atoms with E-state index >= 15 is 0 Å². The molecule has 7 heteroatoms. The first-order valence-electron chi connectivity index (χ1n) is 5.54. The lowest BCUT2D eigenvalue weighted by molar-refractivity contribution is -0.386. The average Bonchev–Trinajstić information content (AvgIpc) is 2.39.